The molecule has 4 aromatic heterocycles. The molecule has 4 N–H and O–H groups in total. The molecule has 1 aliphatic heterocycles. The first-order chi connectivity index (χ1) is 18.2. The molecule has 1 saturated heterocycles. The van der Waals surface area contributed by atoms with Crippen LogP contribution >= 0.6 is 0 Å². The van der Waals surface area contributed by atoms with Crippen molar-refractivity contribution >= 4 is 11.7 Å². The molecule has 1 amide bonds. The monoisotopic (exact) mass is 520 g/mol. The van der Waals surface area contributed by atoms with Crippen molar-refractivity contribution in [1.82, 2.24) is 45.9 Å². The Morgan fingerprint density at radius 2 is 1.97 bits per heavy atom. The summed E-state index contributed by atoms with van der Waals surface area (Å²) in [5.74, 6) is -0.646. The molecule has 13 heteroatoms. The van der Waals surface area contributed by atoms with Gasteiger partial charge in [-0.1, -0.05) is 6.07 Å². The van der Waals surface area contributed by atoms with Crippen LogP contribution in [0.25, 0.3) is 17.2 Å². The zero-order valence-electron chi connectivity index (χ0n) is 20.9. The summed E-state index contributed by atoms with van der Waals surface area (Å²) in [4.78, 5) is 30.0. The summed E-state index contributed by atoms with van der Waals surface area (Å²) in [7, 11) is 0. The van der Waals surface area contributed by atoms with Crippen molar-refractivity contribution in [2.24, 2.45) is 0 Å². The van der Waals surface area contributed by atoms with Crippen molar-refractivity contribution in [3.8, 4) is 17.2 Å². The molecule has 4 aromatic rings. The molecule has 3 atom stereocenters. The molecule has 0 saturated carbocycles. The second-order valence-electron chi connectivity index (χ2n) is 9.14. The number of carbonyl (C=O) groups is 1. The van der Waals surface area contributed by atoms with E-state index in [2.05, 4.69) is 53.4 Å². The van der Waals surface area contributed by atoms with E-state index in [9.17, 15) is 13.6 Å². The summed E-state index contributed by atoms with van der Waals surface area (Å²) in [6.07, 6.45) is 6.05. The zero-order valence-corrected chi connectivity index (χ0v) is 20.9. The number of hydrazine groups is 1. The third kappa shape index (κ3) is 5.63. The summed E-state index contributed by atoms with van der Waals surface area (Å²) in [6, 6.07) is 6.19. The predicted octanol–water partition coefficient (Wildman–Crippen LogP) is 2.82. The first-order valence-electron chi connectivity index (χ1n) is 12.0. The number of nitrogens with one attached hydrogen (secondary N) is 4. The van der Waals surface area contributed by atoms with Gasteiger partial charge >= 0.3 is 0 Å². The quantitative estimate of drug-likeness (QED) is 0.290. The lowest BCUT2D eigenvalue weighted by molar-refractivity contribution is 0.0930. The van der Waals surface area contributed by atoms with E-state index in [-0.39, 0.29) is 11.9 Å². The number of hydrogen-bond acceptors (Lipinski definition) is 9. The molecular weight excluding hydrogens is 494 g/mol. The van der Waals surface area contributed by atoms with Crippen LogP contribution in [0.5, 0.6) is 0 Å². The zero-order chi connectivity index (χ0) is 26.8. The maximum absolute atomic E-state index is 15.0. The average molecular weight is 521 g/mol. The van der Waals surface area contributed by atoms with E-state index in [0.29, 0.717) is 40.3 Å². The van der Waals surface area contributed by atoms with Gasteiger partial charge < -0.3 is 10.6 Å². The van der Waals surface area contributed by atoms with Crippen molar-refractivity contribution in [1.29, 1.82) is 0 Å². The maximum atomic E-state index is 15.0. The summed E-state index contributed by atoms with van der Waals surface area (Å²) >= 11 is 0. The third-order valence-electron chi connectivity index (χ3n) is 5.99. The summed E-state index contributed by atoms with van der Waals surface area (Å²) in [5, 5.41) is 9.87. The normalized spacial score (nSPS) is 17.8. The van der Waals surface area contributed by atoms with Gasteiger partial charge in [-0.25, -0.2) is 38.8 Å². The SMILES string of the molecule is Cc1cc(NC2CC(C)NN2)nc(-c2cnc(C(=O)N[C@@H](C)c3ccc(-n4cc(F)cn4)nc3)c(F)c2)n1. The molecule has 0 aromatic carbocycles. The number of anilines is 1. The van der Waals surface area contributed by atoms with Crippen LogP contribution in [0.4, 0.5) is 14.6 Å². The van der Waals surface area contributed by atoms with Crippen LogP contribution in [0, 0.1) is 18.6 Å². The van der Waals surface area contributed by atoms with Crippen molar-refractivity contribution in [2.75, 3.05) is 5.32 Å². The van der Waals surface area contributed by atoms with E-state index in [4.69, 9.17) is 0 Å². The summed E-state index contributed by atoms with van der Waals surface area (Å²) in [5.41, 5.74) is 7.64. The van der Waals surface area contributed by atoms with Gasteiger partial charge in [-0.15, -0.1) is 0 Å². The van der Waals surface area contributed by atoms with Gasteiger partial charge in [0.25, 0.3) is 5.91 Å². The Morgan fingerprint density at radius 1 is 1.13 bits per heavy atom. The van der Waals surface area contributed by atoms with E-state index in [1.54, 1.807) is 25.1 Å². The van der Waals surface area contributed by atoms with Gasteiger partial charge in [-0.3, -0.25) is 10.2 Å². The second-order valence-corrected chi connectivity index (χ2v) is 9.14. The molecule has 0 spiro atoms. The van der Waals surface area contributed by atoms with Gasteiger partial charge in [-0.2, -0.15) is 5.10 Å². The van der Waals surface area contributed by atoms with Crippen LogP contribution in [0.2, 0.25) is 0 Å². The van der Waals surface area contributed by atoms with E-state index < -0.39 is 23.6 Å². The smallest absolute Gasteiger partial charge is 0.273 e. The highest BCUT2D eigenvalue weighted by Crippen LogP contribution is 2.21. The number of amides is 1. The van der Waals surface area contributed by atoms with Crippen LogP contribution in [0.1, 0.15) is 48.1 Å². The first-order valence-corrected chi connectivity index (χ1v) is 12.0. The number of aryl methyl sites for hydroxylation is 1. The molecular formula is C25H26F2N10O. The minimum atomic E-state index is -0.795. The topological polar surface area (TPSA) is 135 Å². The van der Waals surface area contributed by atoms with E-state index in [1.165, 1.54) is 29.3 Å². The van der Waals surface area contributed by atoms with Crippen LogP contribution in [0.15, 0.2) is 49.1 Å². The Labute approximate surface area is 217 Å². The lowest BCUT2D eigenvalue weighted by Gasteiger charge is -2.15. The molecule has 5 heterocycles. The largest absolute Gasteiger partial charge is 0.353 e. The fraction of sp³-hybridized carbons (Fsp3) is 0.280. The number of halogens is 2. The van der Waals surface area contributed by atoms with Crippen molar-refractivity contribution < 1.29 is 13.6 Å². The fourth-order valence-corrected chi connectivity index (χ4v) is 4.05. The van der Waals surface area contributed by atoms with Crippen molar-refractivity contribution in [3.05, 3.63) is 77.6 Å². The second kappa shape index (κ2) is 10.6. The van der Waals surface area contributed by atoms with Gasteiger partial charge in [0, 0.05) is 35.8 Å². The molecule has 5 rings (SSSR count). The van der Waals surface area contributed by atoms with Gasteiger partial charge in [0.05, 0.1) is 24.6 Å². The Balaban J connectivity index is 1.27. The van der Waals surface area contributed by atoms with E-state index in [0.717, 1.165) is 12.6 Å². The van der Waals surface area contributed by atoms with Gasteiger partial charge in [0.2, 0.25) is 0 Å². The molecule has 1 fully saturated rings. The highest BCUT2D eigenvalue weighted by molar-refractivity contribution is 5.93. The lowest BCUT2D eigenvalue weighted by Crippen LogP contribution is -2.36. The predicted molar refractivity (Wildman–Crippen MR) is 135 cm³/mol. The standard InChI is InChI=1S/C25H26F2N10O/c1-13-6-20(33-21-7-14(2)35-36-21)34-24(31-13)17-8-19(27)23(29-10-17)25(38)32-15(3)16-4-5-22(28-9-16)37-12-18(26)11-30-37/h4-6,8-12,14-15,21,35-36H,7H2,1-3H3,(H,32,38)(H,31,33,34)/t14?,15-,21?/m0/s1. The molecule has 1 aliphatic rings. The molecule has 11 nitrogen and oxygen atoms in total. The average Bonchev–Trinajstić information content (AvgIpc) is 3.51. The van der Waals surface area contributed by atoms with E-state index >= 15 is 0 Å². The van der Waals surface area contributed by atoms with E-state index in [1.807, 2.05) is 6.92 Å². The summed E-state index contributed by atoms with van der Waals surface area (Å²) < 4.78 is 29.5. The molecule has 196 valence electrons. The minimum Gasteiger partial charge on any atom is -0.353 e. The number of hydrogen-bond donors (Lipinski definition) is 4. The Kier molecular flexibility index (Phi) is 7.03. The number of nitrogens with zero attached hydrogens (tertiary/aromatic N) is 6. The van der Waals surface area contributed by atoms with Gasteiger partial charge in [0.1, 0.15) is 5.82 Å². The Morgan fingerprint density at radius 3 is 2.63 bits per heavy atom. The van der Waals surface area contributed by atoms with Gasteiger partial charge in [0.15, 0.2) is 29.0 Å². The fourth-order valence-electron chi connectivity index (χ4n) is 4.05. The number of pyridine rings is 2. The van der Waals surface area contributed by atoms with Crippen molar-refractivity contribution in [2.45, 2.75) is 45.4 Å². The highest BCUT2D eigenvalue weighted by Gasteiger charge is 2.21. The van der Waals surface area contributed by atoms with Crippen LogP contribution < -0.4 is 21.5 Å². The number of rotatable bonds is 7. The number of aromatic nitrogens is 6. The molecule has 38 heavy (non-hydrogen) atoms. The molecule has 2 unspecified atom stereocenters. The Hall–Kier alpha value is -4.36. The number of carbonyl (C=O) groups excluding carboxylic acids is 1. The summed E-state index contributed by atoms with van der Waals surface area (Å²) in [6.45, 7) is 5.62. The van der Waals surface area contributed by atoms with Crippen LogP contribution in [-0.2, 0) is 0 Å². The molecule has 0 radical (unpaired) electrons. The van der Waals surface area contributed by atoms with Crippen LogP contribution in [0.3, 0.4) is 0 Å². The molecule has 0 bridgehead atoms. The molecule has 0 aliphatic carbocycles. The van der Waals surface area contributed by atoms with Crippen molar-refractivity contribution in [3.63, 3.8) is 0 Å². The third-order valence-corrected chi connectivity index (χ3v) is 5.99. The van der Waals surface area contributed by atoms with Crippen LogP contribution in [-0.4, -0.2) is 47.8 Å². The first kappa shape index (κ1) is 25.3. The Bertz CT molecular complexity index is 1460. The minimum absolute atomic E-state index is 0.00460. The highest BCUT2D eigenvalue weighted by atomic mass is 19.1. The van der Waals surface area contributed by atoms with Gasteiger partial charge in [-0.05, 0) is 44.9 Å². The maximum Gasteiger partial charge on any atom is 0.273 e. The lowest BCUT2D eigenvalue weighted by atomic mass is 10.1.